The highest BCUT2D eigenvalue weighted by molar-refractivity contribution is 7.89. The third-order valence-corrected chi connectivity index (χ3v) is 8.48. The van der Waals surface area contributed by atoms with Gasteiger partial charge in [0.2, 0.25) is 10.0 Å². The molecule has 4 rings (SSSR count). The molecule has 3 aromatic rings. The van der Waals surface area contributed by atoms with Gasteiger partial charge >= 0.3 is 6.18 Å². The summed E-state index contributed by atoms with van der Waals surface area (Å²) in [7, 11) is -4.04. The average Bonchev–Trinajstić information content (AvgIpc) is 2.87. The molecule has 1 aliphatic rings. The Morgan fingerprint density at radius 3 is 2.27 bits per heavy atom. The van der Waals surface area contributed by atoms with Crippen molar-refractivity contribution in [3.63, 3.8) is 0 Å². The minimum absolute atomic E-state index is 0.170. The van der Waals surface area contributed by atoms with E-state index in [4.69, 9.17) is 16.3 Å². The number of alkyl halides is 3. The first kappa shape index (κ1) is 27.6. The highest BCUT2D eigenvalue weighted by Gasteiger charge is 2.34. The molecular formula is C27H28ClF3N2O3S. The average molecular weight is 553 g/mol. The first-order chi connectivity index (χ1) is 17.5. The van der Waals surface area contributed by atoms with Gasteiger partial charge in [-0.3, -0.25) is 4.90 Å². The van der Waals surface area contributed by atoms with Crippen molar-refractivity contribution < 1.29 is 26.3 Å². The second kappa shape index (κ2) is 11.5. The number of ether oxygens (including phenoxy) is 1. The first-order valence-corrected chi connectivity index (χ1v) is 13.7. The van der Waals surface area contributed by atoms with Gasteiger partial charge < -0.3 is 4.74 Å². The van der Waals surface area contributed by atoms with Crippen molar-refractivity contribution in [2.45, 2.75) is 30.7 Å². The number of hydrogen-bond acceptors (Lipinski definition) is 4. The van der Waals surface area contributed by atoms with Crippen LogP contribution in [0.4, 0.5) is 13.2 Å². The molecule has 1 heterocycles. The Morgan fingerprint density at radius 2 is 1.62 bits per heavy atom. The van der Waals surface area contributed by atoms with Gasteiger partial charge in [-0.05, 0) is 48.4 Å². The van der Waals surface area contributed by atoms with Gasteiger partial charge in [-0.1, -0.05) is 59.6 Å². The smallest absolute Gasteiger partial charge is 0.368 e. The maximum absolute atomic E-state index is 13.1. The van der Waals surface area contributed by atoms with Gasteiger partial charge in [-0.15, -0.1) is 0 Å². The summed E-state index contributed by atoms with van der Waals surface area (Å²) in [6.45, 7) is 4.16. The fourth-order valence-electron chi connectivity index (χ4n) is 4.30. The van der Waals surface area contributed by atoms with Crippen molar-refractivity contribution >= 4 is 21.6 Å². The lowest BCUT2D eigenvalue weighted by molar-refractivity contribution is -0.137. The molecule has 198 valence electrons. The van der Waals surface area contributed by atoms with Gasteiger partial charge in [-0.2, -0.15) is 17.5 Å². The number of hydrogen-bond donors (Lipinski definition) is 0. The van der Waals surface area contributed by atoms with E-state index in [0.717, 1.165) is 28.8 Å². The molecule has 0 aliphatic carbocycles. The maximum Gasteiger partial charge on any atom is 0.416 e. The van der Waals surface area contributed by atoms with Crippen LogP contribution in [-0.2, 0) is 27.5 Å². The molecular weight excluding hydrogens is 525 g/mol. The van der Waals surface area contributed by atoms with E-state index in [0.29, 0.717) is 37.3 Å². The number of nitrogens with zero attached hydrogens (tertiary/aromatic N) is 2. The molecule has 0 aromatic heterocycles. The molecule has 0 radical (unpaired) electrons. The van der Waals surface area contributed by atoms with Crippen LogP contribution in [0.3, 0.4) is 0 Å². The lowest BCUT2D eigenvalue weighted by atomic mass is 10.1. The Morgan fingerprint density at radius 1 is 0.946 bits per heavy atom. The van der Waals surface area contributed by atoms with Crippen molar-refractivity contribution in [1.29, 1.82) is 0 Å². The number of aryl methyl sites for hydroxylation is 1. The van der Waals surface area contributed by atoms with Gasteiger partial charge in [-0.25, -0.2) is 8.42 Å². The lowest BCUT2D eigenvalue weighted by Gasteiger charge is -2.36. The summed E-state index contributed by atoms with van der Waals surface area (Å²) >= 11 is 6.07. The summed E-state index contributed by atoms with van der Waals surface area (Å²) in [4.78, 5) is 1.75. The van der Waals surface area contributed by atoms with Crippen LogP contribution in [0.5, 0.6) is 0 Å². The van der Waals surface area contributed by atoms with E-state index >= 15 is 0 Å². The molecule has 0 saturated carbocycles. The van der Waals surface area contributed by atoms with Gasteiger partial charge in [0, 0.05) is 37.7 Å². The minimum Gasteiger partial charge on any atom is -0.368 e. The molecule has 5 nitrogen and oxygen atoms in total. The van der Waals surface area contributed by atoms with Crippen molar-refractivity contribution in [3.05, 3.63) is 100 Å². The lowest BCUT2D eigenvalue weighted by Crippen LogP contribution is -2.49. The van der Waals surface area contributed by atoms with Crippen LogP contribution in [0.2, 0.25) is 5.02 Å². The van der Waals surface area contributed by atoms with Crippen LogP contribution in [0.15, 0.2) is 77.7 Å². The van der Waals surface area contributed by atoms with Gasteiger partial charge in [0.1, 0.15) is 0 Å². The largest absolute Gasteiger partial charge is 0.416 e. The van der Waals surface area contributed by atoms with Crippen LogP contribution in [-0.4, -0.2) is 50.3 Å². The van der Waals surface area contributed by atoms with Crippen LogP contribution in [0, 0.1) is 6.92 Å². The summed E-state index contributed by atoms with van der Waals surface area (Å²) in [6.07, 6.45) is -4.89. The molecule has 0 N–H and O–H groups in total. The molecule has 0 spiro atoms. The van der Waals surface area contributed by atoms with Crippen LogP contribution < -0.4 is 0 Å². The third-order valence-electron chi connectivity index (χ3n) is 6.33. The summed E-state index contributed by atoms with van der Waals surface area (Å²) in [5.41, 5.74) is 2.16. The molecule has 3 aromatic carbocycles. The van der Waals surface area contributed by atoms with E-state index in [1.165, 1.54) is 10.4 Å². The summed E-state index contributed by atoms with van der Waals surface area (Å²) in [6, 6.07) is 19.4. The standard InChI is InChI=1S/C27H28ClF3N2O3S/c1-20-4-2-5-21(16-20)19-36-26(22-8-10-24(28)11-9-22)18-32-12-14-33(15-13-32)37(34,35)25-7-3-6-23(17-25)27(29,30)31/h2-11,16-17,26H,12-15,18-19H2,1H3/t26-/m1/s1. The molecule has 0 bridgehead atoms. The van der Waals surface area contributed by atoms with Crippen molar-refractivity contribution in [2.24, 2.45) is 0 Å². The summed E-state index contributed by atoms with van der Waals surface area (Å²) < 4.78 is 72.9. The number of benzene rings is 3. The topological polar surface area (TPSA) is 49.9 Å². The first-order valence-electron chi connectivity index (χ1n) is 11.8. The fourth-order valence-corrected chi connectivity index (χ4v) is 5.89. The second-order valence-corrected chi connectivity index (χ2v) is 11.4. The zero-order chi connectivity index (χ0) is 26.6. The molecule has 1 fully saturated rings. The summed E-state index contributed by atoms with van der Waals surface area (Å²) in [5.74, 6) is 0. The maximum atomic E-state index is 13.1. The normalized spacial score (nSPS) is 16.6. The van der Waals surface area contributed by atoms with E-state index in [-0.39, 0.29) is 24.1 Å². The molecule has 0 unspecified atom stereocenters. The summed E-state index contributed by atoms with van der Waals surface area (Å²) in [5, 5.41) is 0.620. The van der Waals surface area contributed by atoms with Crippen molar-refractivity contribution in [1.82, 2.24) is 9.21 Å². The zero-order valence-electron chi connectivity index (χ0n) is 20.3. The van der Waals surface area contributed by atoms with E-state index in [1.54, 1.807) is 12.1 Å². The molecule has 0 amide bonds. The Balaban J connectivity index is 1.43. The van der Waals surface area contributed by atoms with E-state index in [2.05, 4.69) is 11.0 Å². The monoisotopic (exact) mass is 552 g/mol. The van der Waals surface area contributed by atoms with E-state index in [9.17, 15) is 21.6 Å². The molecule has 1 atom stereocenters. The number of sulfonamides is 1. The van der Waals surface area contributed by atoms with Crippen LogP contribution in [0.25, 0.3) is 0 Å². The molecule has 37 heavy (non-hydrogen) atoms. The van der Waals surface area contributed by atoms with Crippen LogP contribution in [0.1, 0.15) is 28.4 Å². The van der Waals surface area contributed by atoms with Gasteiger partial charge in [0.25, 0.3) is 0 Å². The SMILES string of the molecule is Cc1cccc(CO[C@H](CN2CCN(S(=O)(=O)c3cccc(C(F)(F)F)c3)CC2)c2ccc(Cl)cc2)c1. The number of piperazine rings is 1. The van der Waals surface area contributed by atoms with Crippen molar-refractivity contribution in [2.75, 3.05) is 32.7 Å². The Kier molecular flexibility index (Phi) is 8.60. The van der Waals surface area contributed by atoms with Gasteiger partial charge in [0.05, 0.1) is 23.2 Å². The molecule has 10 heteroatoms. The minimum atomic E-state index is -4.61. The predicted molar refractivity (Wildman–Crippen MR) is 137 cm³/mol. The predicted octanol–water partition coefficient (Wildman–Crippen LogP) is 5.93. The van der Waals surface area contributed by atoms with Crippen LogP contribution >= 0.6 is 11.6 Å². The Bertz CT molecular complexity index is 1310. The van der Waals surface area contributed by atoms with Crippen molar-refractivity contribution in [3.8, 4) is 0 Å². The highest BCUT2D eigenvalue weighted by atomic mass is 35.5. The highest BCUT2D eigenvalue weighted by Crippen LogP contribution is 2.31. The van der Waals surface area contributed by atoms with E-state index < -0.39 is 21.8 Å². The third kappa shape index (κ3) is 7.12. The number of rotatable bonds is 8. The quantitative estimate of drug-likeness (QED) is 0.347. The number of halogens is 4. The molecule has 1 aliphatic heterocycles. The second-order valence-electron chi connectivity index (χ2n) is 9.07. The molecule has 1 saturated heterocycles. The van der Waals surface area contributed by atoms with E-state index in [1.807, 2.05) is 37.3 Å². The fraction of sp³-hybridized carbons (Fsp3) is 0.333. The van der Waals surface area contributed by atoms with Gasteiger partial charge in [0.15, 0.2) is 0 Å². The Hall–Kier alpha value is -2.43. The zero-order valence-corrected chi connectivity index (χ0v) is 21.9. The Labute approximate surface area is 220 Å².